The van der Waals surface area contributed by atoms with Crippen molar-refractivity contribution < 1.29 is 27.2 Å². The zero-order valence-electron chi connectivity index (χ0n) is 21.9. The van der Waals surface area contributed by atoms with Crippen LogP contribution in [0.2, 0.25) is 0 Å². The first kappa shape index (κ1) is 27.7. The molecule has 0 aliphatic rings. The summed E-state index contributed by atoms with van der Waals surface area (Å²) in [6.07, 6.45) is 2.20. The monoisotopic (exact) mass is 512 g/mol. The van der Waals surface area contributed by atoms with Gasteiger partial charge in [-0.3, -0.25) is 4.55 Å². The second kappa shape index (κ2) is 10.6. The van der Waals surface area contributed by atoms with Crippen LogP contribution in [0.4, 0.5) is 0 Å². The Morgan fingerprint density at radius 2 is 1.47 bits per heavy atom. The lowest BCUT2D eigenvalue weighted by atomic mass is 9.68. The average Bonchev–Trinajstić information content (AvgIpc) is 2.80. The fourth-order valence-electron chi connectivity index (χ4n) is 4.15. The van der Waals surface area contributed by atoms with Gasteiger partial charge in [0.05, 0.1) is 4.90 Å². The Morgan fingerprint density at radius 3 is 2.06 bits per heavy atom. The largest absolute Gasteiger partial charge is 0.482 e. The van der Waals surface area contributed by atoms with Crippen LogP contribution >= 0.6 is 0 Å². The van der Waals surface area contributed by atoms with Crippen LogP contribution < -0.4 is 9.47 Å². The lowest BCUT2D eigenvalue weighted by molar-refractivity contribution is -0.136. The van der Waals surface area contributed by atoms with Crippen LogP contribution in [0, 0.1) is 10.8 Å². The molecule has 0 aromatic heterocycles. The van der Waals surface area contributed by atoms with E-state index >= 15 is 0 Å². The maximum atomic E-state index is 12.3. The lowest BCUT2D eigenvalue weighted by Gasteiger charge is -2.37. The molecule has 0 spiro atoms. The molecule has 0 amide bonds. The molecule has 194 valence electrons. The van der Waals surface area contributed by atoms with Crippen molar-refractivity contribution >= 4 is 26.9 Å². The minimum Gasteiger partial charge on any atom is -0.482 e. The molecule has 1 N–H and O–H groups in total. The van der Waals surface area contributed by atoms with Crippen LogP contribution in [0.3, 0.4) is 0 Å². The van der Waals surface area contributed by atoms with Crippen molar-refractivity contribution in [3.63, 3.8) is 0 Å². The van der Waals surface area contributed by atoms with Gasteiger partial charge in [-0.05, 0) is 75.9 Å². The molecule has 6 nitrogen and oxygen atoms in total. The summed E-state index contributed by atoms with van der Waals surface area (Å²) in [6.45, 7) is 13.4. The van der Waals surface area contributed by atoms with Gasteiger partial charge < -0.3 is 9.47 Å². The summed E-state index contributed by atoms with van der Waals surface area (Å²) in [5.74, 6) is 0.755. The molecule has 0 aliphatic heterocycles. The van der Waals surface area contributed by atoms with E-state index in [9.17, 15) is 17.8 Å². The molecule has 3 aromatic carbocycles. The van der Waals surface area contributed by atoms with Gasteiger partial charge in [0.25, 0.3) is 10.1 Å². The van der Waals surface area contributed by atoms with E-state index in [1.54, 1.807) is 24.3 Å². The smallest absolute Gasteiger partial charge is 0.349 e. The summed E-state index contributed by atoms with van der Waals surface area (Å²) in [6, 6.07) is 16.9. The molecular weight excluding hydrogens is 476 g/mol. The van der Waals surface area contributed by atoms with Crippen molar-refractivity contribution in [3.05, 3.63) is 66.2 Å². The normalized spacial score (nSPS) is 13.4. The van der Waals surface area contributed by atoms with Gasteiger partial charge in [-0.1, -0.05) is 72.2 Å². The zero-order valence-corrected chi connectivity index (χ0v) is 22.7. The highest BCUT2D eigenvalue weighted by atomic mass is 32.2. The second-order valence-corrected chi connectivity index (χ2v) is 12.5. The first-order valence-electron chi connectivity index (χ1n) is 12.1. The summed E-state index contributed by atoms with van der Waals surface area (Å²) < 4.78 is 42.9. The van der Waals surface area contributed by atoms with Crippen molar-refractivity contribution in [1.82, 2.24) is 0 Å². The molecule has 1 atom stereocenters. The third-order valence-corrected chi connectivity index (χ3v) is 7.56. The predicted molar refractivity (Wildman–Crippen MR) is 142 cm³/mol. The first-order chi connectivity index (χ1) is 16.7. The maximum absolute atomic E-state index is 12.3. The molecular formula is C29H36O6S. The first-order valence-corrected chi connectivity index (χ1v) is 13.6. The van der Waals surface area contributed by atoms with Gasteiger partial charge in [0.15, 0.2) is 6.61 Å². The Labute approximate surface area is 214 Å². The van der Waals surface area contributed by atoms with Gasteiger partial charge in [0.2, 0.25) is 0 Å². The van der Waals surface area contributed by atoms with E-state index in [2.05, 4.69) is 53.7 Å². The topological polar surface area (TPSA) is 89.9 Å². The summed E-state index contributed by atoms with van der Waals surface area (Å²) in [5.41, 5.74) is 1.62. The molecule has 0 bridgehead atoms. The lowest BCUT2D eigenvalue weighted by Crippen LogP contribution is -2.25. The summed E-state index contributed by atoms with van der Waals surface area (Å²) in [5, 5.41) is 1.26. The van der Waals surface area contributed by atoms with E-state index in [-0.39, 0.29) is 22.3 Å². The summed E-state index contributed by atoms with van der Waals surface area (Å²) >= 11 is 0. The average molecular weight is 513 g/mol. The Bertz CT molecular complexity index is 1320. The minimum absolute atomic E-state index is 0.117. The number of carbonyl (C=O) groups excluding carboxylic acids is 1. The Kier molecular flexibility index (Phi) is 8.16. The predicted octanol–water partition coefficient (Wildman–Crippen LogP) is 7.03. The molecule has 0 heterocycles. The Balaban J connectivity index is 1.63. The van der Waals surface area contributed by atoms with Crippen molar-refractivity contribution in [2.45, 2.75) is 65.2 Å². The van der Waals surface area contributed by atoms with Crippen LogP contribution in [0.15, 0.2) is 65.6 Å². The number of hydrogen-bond donors (Lipinski definition) is 1. The molecule has 3 aromatic rings. The molecule has 3 rings (SSSR count). The molecule has 0 saturated heterocycles. The number of benzene rings is 3. The van der Waals surface area contributed by atoms with E-state index in [4.69, 9.17) is 9.47 Å². The number of esters is 1. The Hall–Kier alpha value is -2.90. The molecule has 0 aliphatic carbocycles. The SMILES string of the molecule is CCC(C)(C)CC(c1ccc(OCC(=O)Oc2ccc3cc(S(=O)(=O)O)ccc3c2)cc1)C(C)(C)C. The fourth-order valence-corrected chi connectivity index (χ4v) is 4.66. The van der Waals surface area contributed by atoms with E-state index < -0.39 is 16.1 Å². The van der Waals surface area contributed by atoms with Crippen molar-refractivity contribution in [2.75, 3.05) is 6.61 Å². The number of ether oxygens (including phenoxy) is 2. The summed E-state index contributed by atoms with van der Waals surface area (Å²) in [7, 11) is -4.28. The van der Waals surface area contributed by atoms with Gasteiger partial charge in [-0.15, -0.1) is 0 Å². The van der Waals surface area contributed by atoms with Crippen molar-refractivity contribution in [2.24, 2.45) is 10.8 Å². The maximum Gasteiger partial charge on any atom is 0.349 e. The minimum atomic E-state index is -4.28. The van der Waals surface area contributed by atoms with E-state index in [1.807, 2.05) is 12.1 Å². The van der Waals surface area contributed by atoms with Crippen LogP contribution in [0.5, 0.6) is 11.5 Å². The van der Waals surface area contributed by atoms with Gasteiger partial charge >= 0.3 is 5.97 Å². The summed E-state index contributed by atoms with van der Waals surface area (Å²) in [4.78, 5) is 12.2. The number of hydrogen-bond acceptors (Lipinski definition) is 5. The highest BCUT2D eigenvalue weighted by Gasteiger charge is 2.31. The molecule has 7 heteroatoms. The van der Waals surface area contributed by atoms with Gasteiger partial charge in [-0.2, -0.15) is 8.42 Å². The van der Waals surface area contributed by atoms with Gasteiger partial charge in [0, 0.05) is 0 Å². The molecule has 1 unspecified atom stereocenters. The third kappa shape index (κ3) is 7.31. The van der Waals surface area contributed by atoms with E-state index in [0.717, 1.165) is 12.8 Å². The standard InChI is InChI=1S/C29H36O6S/c1-7-29(5,6)18-26(28(2,3)4)20-8-12-23(13-9-20)34-19-27(30)35-24-14-10-22-17-25(36(31,32)33)15-11-21(22)16-24/h8-17,26H,7,18-19H2,1-6H3,(H,31,32,33). The number of fused-ring (bicyclic) bond motifs is 1. The third-order valence-electron chi connectivity index (χ3n) is 6.71. The second-order valence-electron chi connectivity index (χ2n) is 11.1. The zero-order chi connectivity index (χ0) is 26.7. The van der Waals surface area contributed by atoms with Crippen LogP contribution in [0.1, 0.15) is 65.9 Å². The van der Waals surface area contributed by atoms with Crippen LogP contribution in [0.25, 0.3) is 10.8 Å². The fraction of sp³-hybridized carbons (Fsp3) is 0.414. The van der Waals surface area contributed by atoms with Crippen LogP contribution in [-0.2, 0) is 14.9 Å². The van der Waals surface area contributed by atoms with Crippen molar-refractivity contribution in [1.29, 1.82) is 0 Å². The molecule has 0 saturated carbocycles. The van der Waals surface area contributed by atoms with Gasteiger partial charge in [0.1, 0.15) is 11.5 Å². The Morgan fingerprint density at radius 1 is 0.889 bits per heavy atom. The number of rotatable bonds is 9. The van der Waals surface area contributed by atoms with E-state index in [0.29, 0.717) is 28.2 Å². The van der Waals surface area contributed by atoms with Crippen LogP contribution in [-0.4, -0.2) is 25.5 Å². The highest BCUT2D eigenvalue weighted by Crippen LogP contribution is 2.44. The molecule has 0 radical (unpaired) electrons. The molecule has 0 fully saturated rings. The van der Waals surface area contributed by atoms with Gasteiger partial charge in [-0.25, -0.2) is 4.79 Å². The number of carbonyl (C=O) groups is 1. The van der Waals surface area contributed by atoms with E-state index in [1.165, 1.54) is 17.7 Å². The molecule has 36 heavy (non-hydrogen) atoms. The highest BCUT2D eigenvalue weighted by molar-refractivity contribution is 7.85. The quantitative estimate of drug-likeness (QED) is 0.188. The van der Waals surface area contributed by atoms with Crippen molar-refractivity contribution in [3.8, 4) is 11.5 Å².